The summed E-state index contributed by atoms with van der Waals surface area (Å²) in [4.78, 5) is 3.62. The van der Waals surface area contributed by atoms with Crippen LogP contribution in [0.2, 0.25) is 10.3 Å². The summed E-state index contributed by atoms with van der Waals surface area (Å²) in [5.74, 6) is 0. The van der Waals surface area contributed by atoms with Crippen LogP contribution in [0, 0.1) is 6.92 Å². The Hall–Kier alpha value is -0.400. The first-order chi connectivity index (χ1) is 8.23. The van der Waals surface area contributed by atoms with E-state index in [1.165, 1.54) is 6.07 Å². The van der Waals surface area contributed by atoms with Crippen LogP contribution in [-0.2, 0) is 10.0 Å². The van der Waals surface area contributed by atoms with Gasteiger partial charge in [-0.2, -0.15) is 0 Å². The largest absolute Gasteiger partial charge is 0.389 e. The number of rotatable bonds is 4. The van der Waals surface area contributed by atoms with E-state index in [-0.39, 0.29) is 21.7 Å². The maximum atomic E-state index is 12.0. The normalized spacial score (nSPS) is 17.8. The number of nitrogens with zero attached hydrogens (tertiary/aromatic N) is 1. The number of pyridine rings is 1. The minimum absolute atomic E-state index is 0.0205. The highest BCUT2D eigenvalue weighted by molar-refractivity contribution is 7.89. The highest BCUT2D eigenvalue weighted by Crippen LogP contribution is 2.34. The van der Waals surface area contributed by atoms with E-state index in [2.05, 4.69) is 9.71 Å². The number of sulfonamides is 1. The highest BCUT2D eigenvalue weighted by Gasteiger charge is 2.41. The SMILES string of the molecule is Cc1cc(S(=O)(=O)NCC2(O)CC2)c(Cl)nc1Cl. The number of halogens is 2. The molecule has 0 amide bonds. The van der Waals surface area contributed by atoms with E-state index in [0.717, 1.165) is 0 Å². The van der Waals surface area contributed by atoms with Crippen molar-refractivity contribution in [1.82, 2.24) is 9.71 Å². The Balaban J connectivity index is 2.26. The van der Waals surface area contributed by atoms with E-state index >= 15 is 0 Å². The van der Waals surface area contributed by atoms with Gasteiger partial charge in [0.1, 0.15) is 10.0 Å². The van der Waals surface area contributed by atoms with Crippen molar-refractivity contribution in [1.29, 1.82) is 0 Å². The molecule has 1 aliphatic carbocycles. The third-order valence-corrected chi connectivity index (χ3v) is 4.98. The lowest BCUT2D eigenvalue weighted by Crippen LogP contribution is -2.33. The zero-order valence-electron chi connectivity index (χ0n) is 9.57. The second-order valence-corrected chi connectivity index (χ2v) is 6.89. The van der Waals surface area contributed by atoms with Gasteiger partial charge in [-0.25, -0.2) is 18.1 Å². The zero-order valence-corrected chi connectivity index (χ0v) is 11.9. The molecule has 0 unspecified atom stereocenters. The van der Waals surface area contributed by atoms with Crippen LogP contribution in [0.15, 0.2) is 11.0 Å². The molecule has 0 aromatic carbocycles. The van der Waals surface area contributed by atoms with Crippen LogP contribution >= 0.6 is 23.2 Å². The second kappa shape index (κ2) is 4.61. The molecular formula is C10H12Cl2N2O3S. The van der Waals surface area contributed by atoms with Gasteiger partial charge >= 0.3 is 0 Å². The molecule has 0 spiro atoms. The predicted octanol–water partition coefficient (Wildman–Crippen LogP) is 1.50. The summed E-state index contributed by atoms with van der Waals surface area (Å²) < 4.78 is 26.3. The van der Waals surface area contributed by atoms with Crippen molar-refractivity contribution in [3.05, 3.63) is 21.9 Å². The number of aromatic nitrogens is 1. The Morgan fingerprint density at radius 3 is 2.61 bits per heavy atom. The van der Waals surface area contributed by atoms with Gasteiger partial charge in [0, 0.05) is 6.54 Å². The van der Waals surface area contributed by atoms with Crippen molar-refractivity contribution >= 4 is 33.2 Å². The van der Waals surface area contributed by atoms with Crippen LogP contribution in [0.3, 0.4) is 0 Å². The van der Waals surface area contributed by atoms with Gasteiger partial charge in [-0.05, 0) is 31.4 Å². The summed E-state index contributed by atoms with van der Waals surface area (Å²) in [6.45, 7) is 1.62. The molecule has 1 fully saturated rings. The molecule has 0 saturated heterocycles. The molecule has 0 atom stereocenters. The van der Waals surface area contributed by atoms with Crippen LogP contribution in [0.1, 0.15) is 18.4 Å². The van der Waals surface area contributed by atoms with Crippen molar-refractivity contribution in [3.8, 4) is 0 Å². The average molecular weight is 311 g/mol. The lowest BCUT2D eigenvalue weighted by molar-refractivity contribution is 0.155. The number of nitrogens with one attached hydrogen (secondary N) is 1. The Labute approximate surface area is 115 Å². The fourth-order valence-electron chi connectivity index (χ4n) is 1.36. The molecule has 0 bridgehead atoms. The number of aliphatic hydroxyl groups is 1. The van der Waals surface area contributed by atoms with Crippen molar-refractivity contribution in [3.63, 3.8) is 0 Å². The minimum Gasteiger partial charge on any atom is -0.389 e. The smallest absolute Gasteiger partial charge is 0.243 e. The fraction of sp³-hybridized carbons (Fsp3) is 0.500. The third-order valence-electron chi connectivity index (χ3n) is 2.78. The van der Waals surface area contributed by atoms with E-state index in [1.54, 1.807) is 6.92 Å². The van der Waals surface area contributed by atoms with Crippen molar-refractivity contribution < 1.29 is 13.5 Å². The van der Waals surface area contributed by atoms with Crippen LogP contribution in [0.5, 0.6) is 0 Å². The Morgan fingerprint density at radius 1 is 1.44 bits per heavy atom. The number of hydrogen-bond acceptors (Lipinski definition) is 4. The predicted molar refractivity (Wildman–Crippen MR) is 68.4 cm³/mol. The zero-order chi connectivity index (χ0) is 13.6. The monoisotopic (exact) mass is 310 g/mol. The molecule has 5 nitrogen and oxygen atoms in total. The lowest BCUT2D eigenvalue weighted by atomic mass is 10.3. The van der Waals surface area contributed by atoms with Gasteiger partial charge in [-0.3, -0.25) is 0 Å². The highest BCUT2D eigenvalue weighted by atomic mass is 35.5. The summed E-state index contributed by atoms with van der Waals surface area (Å²) >= 11 is 11.5. The quantitative estimate of drug-likeness (QED) is 0.826. The Morgan fingerprint density at radius 2 is 2.06 bits per heavy atom. The summed E-state index contributed by atoms with van der Waals surface area (Å²) in [6, 6.07) is 1.36. The maximum absolute atomic E-state index is 12.0. The first-order valence-corrected chi connectivity index (χ1v) is 7.52. The van der Waals surface area contributed by atoms with Gasteiger partial charge < -0.3 is 5.11 Å². The van der Waals surface area contributed by atoms with Crippen molar-refractivity contribution in [2.24, 2.45) is 0 Å². The number of aryl methyl sites for hydroxylation is 1. The minimum atomic E-state index is -3.79. The van der Waals surface area contributed by atoms with Gasteiger partial charge in [-0.1, -0.05) is 23.2 Å². The molecule has 1 aromatic rings. The van der Waals surface area contributed by atoms with Crippen LogP contribution in [-0.4, -0.2) is 30.7 Å². The molecule has 0 radical (unpaired) electrons. The van der Waals surface area contributed by atoms with E-state index in [1.807, 2.05) is 0 Å². The molecule has 1 saturated carbocycles. The van der Waals surface area contributed by atoms with Crippen molar-refractivity contribution in [2.75, 3.05) is 6.54 Å². The lowest BCUT2D eigenvalue weighted by Gasteiger charge is -2.11. The van der Waals surface area contributed by atoms with Crippen LogP contribution < -0.4 is 4.72 Å². The molecule has 18 heavy (non-hydrogen) atoms. The Bertz CT molecular complexity index is 585. The molecule has 8 heteroatoms. The molecule has 2 rings (SSSR count). The van der Waals surface area contributed by atoms with Gasteiger partial charge in [0.2, 0.25) is 10.0 Å². The summed E-state index contributed by atoms with van der Waals surface area (Å²) in [5.41, 5.74) is -0.388. The van der Waals surface area contributed by atoms with Crippen LogP contribution in [0.25, 0.3) is 0 Å². The molecule has 1 heterocycles. The molecule has 0 aliphatic heterocycles. The van der Waals surface area contributed by atoms with E-state index < -0.39 is 15.6 Å². The first kappa shape index (κ1) is 14.0. The van der Waals surface area contributed by atoms with E-state index in [4.69, 9.17) is 23.2 Å². The molecule has 1 aliphatic rings. The summed E-state index contributed by atoms with van der Waals surface area (Å²) in [6.07, 6.45) is 1.20. The van der Waals surface area contributed by atoms with Gasteiger partial charge in [0.15, 0.2) is 5.15 Å². The van der Waals surface area contributed by atoms with Gasteiger partial charge in [0.25, 0.3) is 0 Å². The molecular weight excluding hydrogens is 299 g/mol. The first-order valence-electron chi connectivity index (χ1n) is 5.28. The van der Waals surface area contributed by atoms with E-state index in [9.17, 15) is 13.5 Å². The maximum Gasteiger partial charge on any atom is 0.243 e. The van der Waals surface area contributed by atoms with E-state index in [0.29, 0.717) is 18.4 Å². The van der Waals surface area contributed by atoms with Crippen LogP contribution in [0.4, 0.5) is 0 Å². The summed E-state index contributed by atoms with van der Waals surface area (Å²) in [5, 5.41) is 9.60. The topological polar surface area (TPSA) is 79.3 Å². The Kier molecular flexibility index (Phi) is 3.59. The standard InChI is InChI=1S/C10H12Cl2N2O3S/c1-6-4-7(9(12)14-8(6)11)18(16,17)13-5-10(15)2-3-10/h4,13,15H,2-3,5H2,1H3. The second-order valence-electron chi connectivity index (χ2n) is 4.43. The fourth-order valence-corrected chi connectivity index (χ4v) is 3.20. The average Bonchev–Trinajstić information content (AvgIpc) is 3.00. The summed E-state index contributed by atoms with van der Waals surface area (Å²) in [7, 11) is -3.79. The molecule has 2 N–H and O–H groups in total. The molecule has 1 aromatic heterocycles. The molecule has 100 valence electrons. The van der Waals surface area contributed by atoms with Crippen molar-refractivity contribution in [2.45, 2.75) is 30.3 Å². The third kappa shape index (κ3) is 2.95. The van der Waals surface area contributed by atoms with Gasteiger partial charge in [0.05, 0.1) is 5.60 Å². The number of hydrogen-bond donors (Lipinski definition) is 2. The van der Waals surface area contributed by atoms with Gasteiger partial charge in [-0.15, -0.1) is 0 Å².